The van der Waals surface area contributed by atoms with E-state index >= 15 is 0 Å². The molecule has 1 aliphatic heterocycles. The fourth-order valence-electron chi connectivity index (χ4n) is 3.01. The van der Waals surface area contributed by atoms with Gasteiger partial charge in [0.05, 0.1) is 0 Å². The van der Waals surface area contributed by atoms with E-state index in [-0.39, 0.29) is 5.82 Å². The van der Waals surface area contributed by atoms with Gasteiger partial charge in [0, 0.05) is 31.5 Å². The van der Waals surface area contributed by atoms with E-state index < -0.39 is 11.8 Å². The number of carbonyl (C=O) groups is 2. The molecule has 2 aromatic heterocycles. The molecular weight excluding hydrogens is 334 g/mol. The fraction of sp³-hybridized carbons (Fsp3) is 0.444. The van der Waals surface area contributed by atoms with Gasteiger partial charge in [-0.15, -0.1) is 0 Å². The summed E-state index contributed by atoms with van der Waals surface area (Å²) in [5.74, 6) is -0.181. The number of piperidine rings is 1. The second-order valence-electron chi connectivity index (χ2n) is 6.56. The highest BCUT2D eigenvalue weighted by molar-refractivity contribution is 6.39. The van der Waals surface area contributed by atoms with Gasteiger partial charge in [-0.25, -0.2) is 0 Å². The summed E-state index contributed by atoms with van der Waals surface area (Å²) in [6.45, 7) is 5.10. The first kappa shape index (κ1) is 18.1. The Morgan fingerprint density at radius 1 is 1.23 bits per heavy atom. The molecule has 1 saturated heterocycles. The zero-order valence-corrected chi connectivity index (χ0v) is 14.8. The van der Waals surface area contributed by atoms with Crippen LogP contribution in [0.4, 0.5) is 5.82 Å². The molecule has 0 bridgehead atoms. The number of amides is 2. The number of hydrogen-bond donors (Lipinski definition) is 2. The summed E-state index contributed by atoms with van der Waals surface area (Å²) in [5, 5.41) is 8.76. The van der Waals surface area contributed by atoms with E-state index in [0.717, 1.165) is 32.5 Å². The minimum Gasteiger partial charge on any atom is -0.360 e. The van der Waals surface area contributed by atoms with Gasteiger partial charge in [0.1, 0.15) is 5.76 Å². The van der Waals surface area contributed by atoms with Crippen molar-refractivity contribution in [1.29, 1.82) is 0 Å². The summed E-state index contributed by atoms with van der Waals surface area (Å²) in [7, 11) is 0. The quantitative estimate of drug-likeness (QED) is 0.784. The van der Waals surface area contributed by atoms with Crippen molar-refractivity contribution in [3.05, 3.63) is 41.9 Å². The molecule has 2 N–H and O–H groups in total. The van der Waals surface area contributed by atoms with Crippen LogP contribution in [0.2, 0.25) is 0 Å². The summed E-state index contributed by atoms with van der Waals surface area (Å²) in [6, 6.07) is 5.62. The summed E-state index contributed by atoms with van der Waals surface area (Å²) >= 11 is 0. The molecule has 0 unspecified atom stereocenters. The predicted octanol–water partition coefficient (Wildman–Crippen LogP) is 1.34. The Labute approximate surface area is 151 Å². The van der Waals surface area contributed by atoms with Crippen molar-refractivity contribution in [3.63, 3.8) is 0 Å². The number of aromatic nitrogens is 2. The third-order valence-electron chi connectivity index (χ3n) is 4.49. The first-order valence-corrected chi connectivity index (χ1v) is 8.74. The maximum Gasteiger partial charge on any atom is 0.314 e. The Balaban J connectivity index is 1.36. The number of nitrogens with zero attached hydrogens (tertiary/aromatic N) is 3. The number of hydrogen-bond acceptors (Lipinski definition) is 6. The second kappa shape index (κ2) is 8.57. The molecule has 0 saturated carbocycles. The van der Waals surface area contributed by atoms with Crippen LogP contribution in [0.1, 0.15) is 24.2 Å². The van der Waals surface area contributed by atoms with Gasteiger partial charge in [-0.3, -0.25) is 24.8 Å². The molecule has 3 rings (SSSR count). The maximum absolute atomic E-state index is 11.9. The number of carbonyl (C=O) groups excluding carboxylic acids is 2. The Kier molecular flexibility index (Phi) is 5.96. The van der Waals surface area contributed by atoms with Crippen LogP contribution in [0.3, 0.4) is 0 Å². The van der Waals surface area contributed by atoms with Crippen LogP contribution in [0.5, 0.6) is 0 Å². The molecule has 1 aliphatic rings. The van der Waals surface area contributed by atoms with E-state index in [1.165, 1.54) is 5.56 Å². The molecule has 0 aliphatic carbocycles. The summed E-state index contributed by atoms with van der Waals surface area (Å²) in [4.78, 5) is 30.2. The van der Waals surface area contributed by atoms with Gasteiger partial charge in [0.15, 0.2) is 5.82 Å². The molecule has 0 atom stereocenters. The second-order valence-corrected chi connectivity index (χ2v) is 6.56. The highest BCUT2D eigenvalue weighted by Gasteiger charge is 2.21. The maximum atomic E-state index is 11.9. The van der Waals surface area contributed by atoms with Gasteiger partial charge in [0.25, 0.3) is 0 Å². The zero-order valence-electron chi connectivity index (χ0n) is 14.8. The number of pyridine rings is 1. The monoisotopic (exact) mass is 357 g/mol. The SMILES string of the molecule is Cc1cc(NC(=O)C(=O)NCC2CCN(Cc3ccncc3)CC2)no1. The largest absolute Gasteiger partial charge is 0.360 e. The molecule has 0 aromatic carbocycles. The highest BCUT2D eigenvalue weighted by Crippen LogP contribution is 2.18. The third kappa shape index (κ3) is 5.13. The van der Waals surface area contributed by atoms with E-state index in [1.807, 2.05) is 24.5 Å². The summed E-state index contributed by atoms with van der Waals surface area (Å²) < 4.78 is 4.85. The lowest BCUT2D eigenvalue weighted by Gasteiger charge is -2.31. The zero-order chi connectivity index (χ0) is 18.4. The topological polar surface area (TPSA) is 100 Å². The number of aryl methyl sites for hydroxylation is 1. The number of likely N-dealkylation sites (tertiary alicyclic amines) is 1. The Morgan fingerprint density at radius 2 is 1.96 bits per heavy atom. The van der Waals surface area contributed by atoms with Crippen LogP contribution < -0.4 is 10.6 Å². The van der Waals surface area contributed by atoms with Gasteiger partial charge in [-0.05, 0) is 56.5 Å². The molecule has 138 valence electrons. The molecule has 0 radical (unpaired) electrons. The van der Waals surface area contributed by atoms with Crippen molar-refractivity contribution in [1.82, 2.24) is 20.4 Å². The highest BCUT2D eigenvalue weighted by atomic mass is 16.5. The molecule has 0 spiro atoms. The first-order valence-electron chi connectivity index (χ1n) is 8.74. The Morgan fingerprint density at radius 3 is 2.62 bits per heavy atom. The Hall–Kier alpha value is -2.74. The van der Waals surface area contributed by atoms with Crippen molar-refractivity contribution in [2.24, 2.45) is 5.92 Å². The lowest BCUT2D eigenvalue weighted by atomic mass is 9.96. The summed E-state index contributed by atoms with van der Waals surface area (Å²) in [6.07, 6.45) is 5.61. The predicted molar refractivity (Wildman–Crippen MR) is 95.1 cm³/mol. The van der Waals surface area contributed by atoms with E-state index in [0.29, 0.717) is 18.2 Å². The van der Waals surface area contributed by atoms with E-state index in [1.54, 1.807) is 13.0 Å². The first-order chi connectivity index (χ1) is 12.6. The van der Waals surface area contributed by atoms with Crippen LogP contribution >= 0.6 is 0 Å². The molecular formula is C18H23N5O3. The number of nitrogens with one attached hydrogen (secondary N) is 2. The van der Waals surface area contributed by atoms with Crippen LogP contribution in [-0.2, 0) is 16.1 Å². The molecule has 26 heavy (non-hydrogen) atoms. The molecule has 8 heteroatoms. The lowest BCUT2D eigenvalue weighted by molar-refractivity contribution is -0.136. The molecule has 3 heterocycles. The van der Waals surface area contributed by atoms with Gasteiger partial charge in [0.2, 0.25) is 0 Å². The van der Waals surface area contributed by atoms with Gasteiger partial charge in [-0.2, -0.15) is 0 Å². The molecule has 8 nitrogen and oxygen atoms in total. The average Bonchev–Trinajstić information content (AvgIpc) is 3.06. The molecule has 2 amide bonds. The summed E-state index contributed by atoms with van der Waals surface area (Å²) in [5.41, 5.74) is 1.26. The van der Waals surface area contributed by atoms with Crippen molar-refractivity contribution >= 4 is 17.6 Å². The van der Waals surface area contributed by atoms with E-state index in [9.17, 15) is 9.59 Å². The number of rotatable bonds is 5. The van der Waals surface area contributed by atoms with Gasteiger partial charge in [-0.1, -0.05) is 5.16 Å². The van der Waals surface area contributed by atoms with Crippen LogP contribution in [0.25, 0.3) is 0 Å². The van der Waals surface area contributed by atoms with Crippen molar-refractivity contribution in [3.8, 4) is 0 Å². The minimum atomic E-state index is -0.728. The smallest absolute Gasteiger partial charge is 0.314 e. The van der Waals surface area contributed by atoms with Gasteiger partial charge < -0.3 is 9.84 Å². The Bertz CT molecular complexity index is 738. The molecule has 1 fully saturated rings. The minimum absolute atomic E-state index is 0.243. The fourth-order valence-corrected chi connectivity index (χ4v) is 3.01. The standard InChI is InChI=1S/C18H23N5O3/c1-13-10-16(22-26-13)21-18(25)17(24)20-11-14-4-8-23(9-5-14)12-15-2-6-19-7-3-15/h2-3,6-7,10,14H,4-5,8-9,11-12H2,1H3,(H,20,24)(H,21,22,25). The molecule has 2 aromatic rings. The van der Waals surface area contributed by atoms with Crippen molar-refractivity contribution in [2.45, 2.75) is 26.3 Å². The third-order valence-corrected chi connectivity index (χ3v) is 4.49. The van der Waals surface area contributed by atoms with Crippen molar-refractivity contribution in [2.75, 3.05) is 25.0 Å². The average molecular weight is 357 g/mol. The van der Waals surface area contributed by atoms with Crippen LogP contribution in [0.15, 0.2) is 35.1 Å². The van der Waals surface area contributed by atoms with Gasteiger partial charge >= 0.3 is 11.8 Å². The normalized spacial score (nSPS) is 15.6. The lowest BCUT2D eigenvalue weighted by Crippen LogP contribution is -2.41. The van der Waals surface area contributed by atoms with E-state index in [2.05, 4.69) is 25.7 Å². The van der Waals surface area contributed by atoms with Crippen LogP contribution in [-0.4, -0.2) is 46.5 Å². The number of anilines is 1. The van der Waals surface area contributed by atoms with Crippen molar-refractivity contribution < 1.29 is 14.1 Å². The van der Waals surface area contributed by atoms with E-state index in [4.69, 9.17) is 4.52 Å². The van der Waals surface area contributed by atoms with Crippen LogP contribution in [0, 0.1) is 12.8 Å².